The Morgan fingerprint density at radius 3 is 3.08 bits per heavy atom. The number of benzene rings is 1. The Balaban J connectivity index is 1.52. The zero-order valence-corrected chi connectivity index (χ0v) is 15.0. The van der Waals surface area contributed by atoms with Crippen LogP contribution in [0.1, 0.15) is 37.8 Å². The minimum atomic E-state index is -0.402. The van der Waals surface area contributed by atoms with Crippen molar-refractivity contribution < 1.29 is 9.72 Å². The van der Waals surface area contributed by atoms with Crippen LogP contribution in [0.2, 0.25) is 0 Å². The average molecular weight is 371 g/mol. The van der Waals surface area contributed by atoms with Gasteiger partial charge in [0.05, 0.1) is 11.0 Å². The van der Waals surface area contributed by atoms with Gasteiger partial charge in [-0.2, -0.15) is 4.98 Å². The van der Waals surface area contributed by atoms with Crippen LogP contribution in [-0.4, -0.2) is 25.5 Å². The van der Waals surface area contributed by atoms with Gasteiger partial charge in [0.25, 0.3) is 5.69 Å². The molecule has 1 atom stereocenters. The minimum Gasteiger partial charge on any atom is -0.328 e. The number of allylic oxidation sites excluding steroid dienone is 2. The molecule has 0 spiro atoms. The van der Waals surface area contributed by atoms with Crippen molar-refractivity contribution in [2.75, 3.05) is 5.32 Å². The lowest BCUT2D eigenvalue weighted by molar-refractivity contribution is -0.384. The number of hydrogen-bond donors (Lipinski definition) is 1. The largest absolute Gasteiger partial charge is 0.328 e. The highest BCUT2D eigenvalue weighted by Gasteiger charge is 2.33. The molecule has 4 rings (SSSR count). The van der Waals surface area contributed by atoms with E-state index in [4.69, 9.17) is 0 Å². The topological polar surface area (TPSA) is 103 Å². The fourth-order valence-electron chi connectivity index (χ4n) is 3.36. The molecule has 0 fully saturated rings. The Kier molecular flexibility index (Phi) is 4.23. The van der Waals surface area contributed by atoms with Crippen molar-refractivity contribution in [2.45, 2.75) is 43.1 Å². The number of non-ortho nitro benzene ring substituents is 1. The first-order chi connectivity index (χ1) is 12.5. The molecule has 0 saturated carbocycles. The van der Waals surface area contributed by atoms with Gasteiger partial charge in [-0.1, -0.05) is 23.9 Å². The van der Waals surface area contributed by atoms with Crippen LogP contribution in [0.5, 0.6) is 0 Å². The Labute approximate surface area is 153 Å². The van der Waals surface area contributed by atoms with Crippen molar-refractivity contribution >= 4 is 29.2 Å². The second-order valence-electron chi connectivity index (χ2n) is 6.35. The summed E-state index contributed by atoms with van der Waals surface area (Å²) in [5.41, 5.74) is 2.68. The molecule has 2 heterocycles. The number of fused-ring (bicyclic) bond motifs is 1. The van der Waals surface area contributed by atoms with E-state index in [1.54, 1.807) is 16.8 Å². The second-order valence-corrected chi connectivity index (χ2v) is 7.29. The van der Waals surface area contributed by atoms with Crippen LogP contribution in [0.3, 0.4) is 0 Å². The van der Waals surface area contributed by atoms with Gasteiger partial charge < -0.3 is 5.32 Å². The zero-order valence-electron chi connectivity index (χ0n) is 14.1. The molecule has 1 aromatic heterocycles. The Morgan fingerprint density at radius 2 is 2.27 bits per heavy atom. The molecule has 1 aliphatic carbocycles. The molecule has 0 bridgehead atoms. The summed E-state index contributed by atoms with van der Waals surface area (Å²) in [7, 11) is 0. The van der Waals surface area contributed by atoms with E-state index in [9.17, 15) is 14.9 Å². The summed E-state index contributed by atoms with van der Waals surface area (Å²) in [6.45, 7) is 1.96. The number of carbonyl (C=O) groups excluding carboxylic acids is 1. The molecular formula is C17H17N5O3S. The molecule has 1 N–H and O–H groups in total. The van der Waals surface area contributed by atoms with Gasteiger partial charge in [0.15, 0.2) is 5.78 Å². The molecule has 1 aromatic carbocycles. The molecule has 1 unspecified atom stereocenters. The maximum absolute atomic E-state index is 12.2. The van der Waals surface area contributed by atoms with Crippen molar-refractivity contribution in [1.29, 1.82) is 0 Å². The Bertz CT molecular complexity index is 936. The number of nitro groups is 1. The summed E-state index contributed by atoms with van der Waals surface area (Å²) in [6, 6.07) is 6.42. The number of Topliss-reactive ketones (excluding diaryl/α,β-unsaturated/α-hetero) is 1. The first-order valence-corrected chi connectivity index (χ1v) is 9.37. The van der Waals surface area contributed by atoms with Crippen LogP contribution in [-0.2, 0) is 10.5 Å². The van der Waals surface area contributed by atoms with Gasteiger partial charge in [0.2, 0.25) is 11.1 Å². The maximum Gasteiger partial charge on any atom is 0.269 e. The third kappa shape index (κ3) is 2.98. The van der Waals surface area contributed by atoms with E-state index >= 15 is 0 Å². The lowest BCUT2D eigenvalue weighted by atomic mass is 9.89. The molecule has 8 nitrogen and oxygen atoms in total. The monoisotopic (exact) mass is 371 g/mol. The van der Waals surface area contributed by atoms with Crippen LogP contribution in [0, 0.1) is 10.1 Å². The van der Waals surface area contributed by atoms with Gasteiger partial charge in [-0.3, -0.25) is 14.9 Å². The Morgan fingerprint density at radius 1 is 1.42 bits per heavy atom. The lowest BCUT2D eigenvalue weighted by Gasteiger charge is -2.29. The van der Waals surface area contributed by atoms with E-state index < -0.39 is 4.92 Å². The number of nitro benzene ring substituents is 1. The van der Waals surface area contributed by atoms with Gasteiger partial charge in [0, 0.05) is 35.6 Å². The molecule has 2 aromatic rings. The molecule has 0 amide bonds. The number of nitrogens with one attached hydrogen (secondary N) is 1. The van der Waals surface area contributed by atoms with E-state index in [1.165, 1.54) is 17.8 Å². The first-order valence-electron chi connectivity index (χ1n) is 8.39. The summed E-state index contributed by atoms with van der Waals surface area (Å²) in [5, 5.41) is 19.2. The highest BCUT2D eigenvalue weighted by Crippen LogP contribution is 2.37. The standard InChI is InChI=1S/C17H17N5O3S/c1-10-15-13(6-3-7-14(15)23)18-16-19-17(20-21(10)16)26-9-11-4-2-5-12(8-11)22(24)25/h2,4-5,8,10H,3,6-7,9H2,1H3,(H,18,19,20). The number of ketones is 1. The van der Waals surface area contributed by atoms with Crippen LogP contribution >= 0.6 is 11.8 Å². The predicted molar refractivity (Wildman–Crippen MR) is 96.9 cm³/mol. The van der Waals surface area contributed by atoms with Crippen molar-refractivity contribution in [1.82, 2.24) is 14.8 Å². The number of hydrogen-bond acceptors (Lipinski definition) is 7. The van der Waals surface area contributed by atoms with E-state index in [0.717, 1.165) is 29.7 Å². The fourth-order valence-corrected chi connectivity index (χ4v) is 4.14. The molecule has 2 aliphatic rings. The average Bonchev–Trinajstić information content (AvgIpc) is 3.03. The van der Waals surface area contributed by atoms with Gasteiger partial charge in [-0.25, -0.2) is 4.68 Å². The number of nitrogens with zero attached hydrogens (tertiary/aromatic N) is 4. The number of carbonyl (C=O) groups is 1. The fraction of sp³-hybridized carbons (Fsp3) is 0.353. The summed E-state index contributed by atoms with van der Waals surface area (Å²) in [4.78, 5) is 27.2. The molecule has 0 radical (unpaired) electrons. The second kappa shape index (κ2) is 6.56. The normalized spacial score (nSPS) is 19.0. The highest BCUT2D eigenvalue weighted by atomic mass is 32.2. The molecule has 9 heteroatoms. The molecule has 134 valence electrons. The van der Waals surface area contributed by atoms with Gasteiger partial charge in [0.1, 0.15) is 0 Å². The summed E-state index contributed by atoms with van der Waals surface area (Å²) in [5.74, 6) is 1.36. The minimum absolute atomic E-state index is 0.0749. The zero-order chi connectivity index (χ0) is 18.3. The third-order valence-electron chi connectivity index (χ3n) is 4.60. The maximum atomic E-state index is 12.2. The van der Waals surface area contributed by atoms with Crippen molar-refractivity contribution in [3.63, 3.8) is 0 Å². The predicted octanol–water partition coefficient (Wildman–Crippen LogP) is 3.47. The van der Waals surface area contributed by atoms with Crippen LogP contribution in [0.15, 0.2) is 40.7 Å². The lowest BCUT2D eigenvalue weighted by Crippen LogP contribution is -2.29. The molecule has 26 heavy (non-hydrogen) atoms. The molecule has 0 saturated heterocycles. The van der Waals surface area contributed by atoms with Crippen LogP contribution < -0.4 is 5.32 Å². The number of rotatable bonds is 4. The first kappa shape index (κ1) is 16.8. The van der Waals surface area contributed by atoms with E-state index in [1.807, 2.05) is 13.0 Å². The summed E-state index contributed by atoms with van der Waals surface area (Å²) in [6.07, 6.45) is 2.30. The van der Waals surface area contributed by atoms with Crippen LogP contribution in [0.4, 0.5) is 11.6 Å². The summed E-state index contributed by atoms with van der Waals surface area (Å²) < 4.78 is 1.75. The van der Waals surface area contributed by atoms with Crippen molar-refractivity contribution in [3.8, 4) is 0 Å². The van der Waals surface area contributed by atoms with Gasteiger partial charge >= 0.3 is 0 Å². The van der Waals surface area contributed by atoms with E-state index in [0.29, 0.717) is 23.3 Å². The Hall–Kier alpha value is -2.68. The number of anilines is 1. The molecule has 1 aliphatic heterocycles. The highest BCUT2D eigenvalue weighted by molar-refractivity contribution is 7.98. The smallest absolute Gasteiger partial charge is 0.269 e. The number of thioether (sulfide) groups is 1. The van der Waals surface area contributed by atoms with Crippen LogP contribution in [0.25, 0.3) is 0 Å². The third-order valence-corrected chi connectivity index (χ3v) is 5.51. The van der Waals surface area contributed by atoms with Crippen molar-refractivity contribution in [3.05, 3.63) is 51.2 Å². The van der Waals surface area contributed by atoms with Gasteiger partial charge in [-0.05, 0) is 25.3 Å². The molecular weight excluding hydrogens is 354 g/mol. The van der Waals surface area contributed by atoms with E-state index in [2.05, 4.69) is 15.4 Å². The quantitative estimate of drug-likeness (QED) is 0.498. The van der Waals surface area contributed by atoms with E-state index in [-0.39, 0.29) is 17.5 Å². The van der Waals surface area contributed by atoms with Crippen molar-refractivity contribution in [2.24, 2.45) is 0 Å². The summed E-state index contributed by atoms with van der Waals surface area (Å²) >= 11 is 1.41. The SMILES string of the molecule is CC1C2=C(CCCC2=O)Nc2nc(SCc3cccc([N+](=O)[O-])c3)nn21. The van der Waals surface area contributed by atoms with Gasteiger partial charge in [-0.15, -0.1) is 5.10 Å². The number of aromatic nitrogens is 3.